The SMILES string of the molecule is C.O=C(Nc1ccc2ccccc2c1)c1ccc2cccnc2c1O. The highest BCUT2D eigenvalue weighted by atomic mass is 16.3. The van der Waals surface area contributed by atoms with E-state index in [4.69, 9.17) is 0 Å². The van der Waals surface area contributed by atoms with Crippen LogP contribution in [0, 0.1) is 0 Å². The van der Waals surface area contributed by atoms with Crippen LogP contribution in [-0.4, -0.2) is 16.0 Å². The summed E-state index contributed by atoms with van der Waals surface area (Å²) in [6.07, 6.45) is 1.59. The molecule has 2 N–H and O–H groups in total. The summed E-state index contributed by atoms with van der Waals surface area (Å²) in [5.74, 6) is -0.471. The molecule has 4 heteroatoms. The zero-order valence-electron chi connectivity index (χ0n) is 12.7. The smallest absolute Gasteiger partial charge is 0.259 e. The predicted octanol–water partition coefficient (Wildman–Crippen LogP) is 4.98. The van der Waals surface area contributed by atoms with E-state index < -0.39 is 0 Å². The van der Waals surface area contributed by atoms with Gasteiger partial charge in [0.25, 0.3) is 5.91 Å². The Labute approximate surface area is 145 Å². The number of phenolic OH excluding ortho intramolecular Hbond substituents is 1. The molecule has 4 aromatic rings. The van der Waals surface area contributed by atoms with Crippen molar-refractivity contribution in [2.45, 2.75) is 7.43 Å². The van der Waals surface area contributed by atoms with Crippen molar-refractivity contribution in [1.29, 1.82) is 0 Å². The van der Waals surface area contributed by atoms with Crippen LogP contribution in [0.3, 0.4) is 0 Å². The molecule has 0 aliphatic carbocycles. The van der Waals surface area contributed by atoms with Crippen molar-refractivity contribution >= 4 is 33.3 Å². The normalized spacial score (nSPS) is 10.4. The van der Waals surface area contributed by atoms with Crippen LogP contribution in [0.1, 0.15) is 17.8 Å². The first-order chi connectivity index (χ1) is 11.7. The molecule has 1 aromatic heterocycles. The molecule has 25 heavy (non-hydrogen) atoms. The first-order valence-electron chi connectivity index (χ1n) is 7.59. The van der Waals surface area contributed by atoms with Gasteiger partial charge >= 0.3 is 0 Å². The lowest BCUT2D eigenvalue weighted by molar-refractivity contribution is 0.102. The van der Waals surface area contributed by atoms with Crippen molar-refractivity contribution in [2.24, 2.45) is 0 Å². The molecule has 0 fully saturated rings. The van der Waals surface area contributed by atoms with Crippen molar-refractivity contribution in [3.05, 3.63) is 78.5 Å². The molecule has 0 radical (unpaired) electrons. The maximum absolute atomic E-state index is 12.5. The summed E-state index contributed by atoms with van der Waals surface area (Å²) in [6.45, 7) is 0. The van der Waals surface area contributed by atoms with E-state index in [2.05, 4.69) is 10.3 Å². The Bertz CT molecular complexity index is 1070. The van der Waals surface area contributed by atoms with Gasteiger partial charge in [-0.05, 0) is 35.0 Å². The van der Waals surface area contributed by atoms with E-state index in [1.807, 2.05) is 48.5 Å². The Balaban J connectivity index is 0.00000182. The molecule has 4 nitrogen and oxygen atoms in total. The van der Waals surface area contributed by atoms with E-state index in [1.165, 1.54) is 0 Å². The molecule has 0 saturated heterocycles. The number of amides is 1. The minimum atomic E-state index is -0.365. The number of fused-ring (bicyclic) bond motifs is 2. The van der Waals surface area contributed by atoms with E-state index in [9.17, 15) is 9.90 Å². The lowest BCUT2D eigenvalue weighted by atomic mass is 10.1. The van der Waals surface area contributed by atoms with Gasteiger partial charge in [0, 0.05) is 17.3 Å². The number of carbonyl (C=O) groups is 1. The second-order valence-corrected chi connectivity index (χ2v) is 5.55. The Morgan fingerprint density at radius 3 is 2.44 bits per heavy atom. The van der Waals surface area contributed by atoms with Crippen molar-refractivity contribution < 1.29 is 9.90 Å². The number of hydrogen-bond donors (Lipinski definition) is 2. The highest BCUT2D eigenvalue weighted by molar-refractivity contribution is 6.09. The molecule has 0 saturated carbocycles. The molecule has 0 spiro atoms. The number of aromatic hydroxyl groups is 1. The van der Waals surface area contributed by atoms with Crippen LogP contribution in [-0.2, 0) is 0 Å². The zero-order valence-corrected chi connectivity index (χ0v) is 12.7. The summed E-state index contributed by atoms with van der Waals surface area (Å²) in [5, 5.41) is 16.1. The number of phenols is 1. The molecule has 4 rings (SSSR count). The largest absolute Gasteiger partial charge is 0.505 e. The highest BCUT2D eigenvalue weighted by Gasteiger charge is 2.14. The molecule has 0 bridgehead atoms. The summed E-state index contributed by atoms with van der Waals surface area (Å²) in [7, 11) is 0. The van der Waals surface area contributed by atoms with Crippen LogP contribution in [0.15, 0.2) is 72.9 Å². The molecule has 3 aromatic carbocycles. The maximum atomic E-state index is 12.5. The number of carbonyl (C=O) groups excluding carboxylic acids is 1. The number of nitrogens with zero attached hydrogens (tertiary/aromatic N) is 1. The van der Waals surface area contributed by atoms with E-state index in [0.29, 0.717) is 11.2 Å². The fraction of sp³-hybridized carbons (Fsp3) is 0.0476. The second-order valence-electron chi connectivity index (χ2n) is 5.55. The Kier molecular flexibility index (Phi) is 4.35. The predicted molar refractivity (Wildman–Crippen MR) is 102 cm³/mol. The van der Waals surface area contributed by atoms with E-state index in [-0.39, 0.29) is 24.6 Å². The lowest BCUT2D eigenvalue weighted by Gasteiger charge is -2.09. The number of aromatic nitrogens is 1. The molecule has 124 valence electrons. The average molecular weight is 330 g/mol. The van der Waals surface area contributed by atoms with Gasteiger partial charge in [0.05, 0.1) is 5.56 Å². The first kappa shape index (κ1) is 16.5. The molecule has 1 heterocycles. The molecular weight excluding hydrogens is 312 g/mol. The summed E-state index contributed by atoms with van der Waals surface area (Å²) in [5.41, 5.74) is 1.30. The molecule has 0 unspecified atom stereocenters. The summed E-state index contributed by atoms with van der Waals surface area (Å²) >= 11 is 0. The number of hydrogen-bond acceptors (Lipinski definition) is 3. The van der Waals surface area contributed by atoms with Crippen molar-refractivity contribution in [3.8, 4) is 5.75 Å². The first-order valence-corrected chi connectivity index (χ1v) is 7.59. The van der Waals surface area contributed by atoms with E-state index in [1.54, 1.807) is 24.4 Å². The Morgan fingerprint density at radius 2 is 1.60 bits per heavy atom. The van der Waals surface area contributed by atoms with Crippen LogP contribution in [0.4, 0.5) is 5.69 Å². The van der Waals surface area contributed by atoms with Gasteiger partial charge in [0.1, 0.15) is 5.52 Å². The second kappa shape index (κ2) is 6.61. The standard InChI is InChI=1S/C20H14N2O2.CH4/c23-19-17(10-8-14-6-3-11-21-18(14)19)20(24)22-16-9-7-13-4-1-2-5-15(13)12-16;/h1-12,23H,(H,22,24);1H4. The zero-order chi connectivity index (χ0) is 16.5. The van der Waals surface area contributed by atoms with Gasteiger partial charge in [-0.2, -0.15) is 0 Å². The number of nitrogens with one attached hydrogen (secondary N) is 1. The highest BCUT2D eigenvalue weighted by Crippen LogP contribution is 2.28. The fourth-order valence-corrected chi connectivity index (χ4v) is 2.78. The third-order valence-electron chi connectivity index (χ3n) is 4.00. The fourth-order valence-electron chi connectivity index (χ4n) is 2.78. The number of rotatable bonds is 2. The van der Waals surface area contributed by atoms with Gasteiger partial charge in [0.15, 0.2) is 5.75 Å². The third kappa shape index (κ3) is 3.02. The van der Waals surface area contributed by atoms with Gasteiger partial charge in [0.2, 0.25) is 0 Å². The van der Waals surface area contributed by atoms with Gasteiger partial charge in [-0.1, -0.05) is 49.9 Å². The molecule has 0 atom stereocenters. The Morgan fingerprint density at radius 1 is 0.880 bits per heavy atom. The van der Waals surface area contributed by atoms with Gasteiger partial charge in [-0.25, -0.2) is 0 Å². The van der Waals surface area contributed by atoms with Crippen LogP contribution in [0.5, 0.6) is 5.75 Å². The lowest BCUT2D eigenvalue weighted by Crippen LogP contribution is -2.12. The van der Waals surface area contributed by atoms with Gasteiger partial charge in [-0.15, -0.1) is 0 Å². The quantitative estimate of drug-likeness (QED) is 0.545. The van der Waals surface area contributed by atoms with E-state index in [0.717, 1.165) is 16.2 Å². The van der Waals surface area contributed by atoms with Crippen molar-refractivity contribution in [2.75, 3.05) is 5.32 Å². The van der Waals surface area contributed by atoms with Crippen LogP contribution >= 0.6 is 0 Å². The van der Waals surface area contributed by atoms with Gasteiger partial charge < -0.3 is 10.4 Å². The monoisotopic (exact) mass is 330 g/mol. The minimum absolute atomic E-state index is 0. The van der Waals surface area contributed by atoms with Crippen molar-refractivity contribution in [1.82, 2.24) is 4.98 Å². The maximum Gasteiger partial charge on any atom is 0.259 e. The summed E-state index contributed by atoms with van der Waals surface area (Å²) in [6, 6.07) is 20.6. The number of pyridine rings is 1. The number of anilines is 1. The number of benzene rings is 3. The average Bonchev–Trinajstić information content (AvgIpc) is 2.62. The summed E-state index contributed by atoms with van der Waals surface area (Å²) < 4.78 is 0. The van der Waals surface area contributed by atoms with Gasteiger partial charge in [-0.3, -0.25) is 9.78 Å². The topological polar surface area (TPSA) is 62.2 Å². The van der Waals surface area contributed by atoms with Crippen LogP contribution < -0.4 is 5.32 Å². The molecule has 1 amide bonds. The van der Waals surface area contributed by atoms with E-state index >= 15 is 0 Å². The van der Waals surface area contributed by atoms with Crippen LogP contribution in [0.25, 0.3) is 21.7 Å². The Hall–Kier alpha value is -3.40. The molecule has 0 aliphatic rings. The third-order valence-corrected chi connectivity index (χ3v) is 4.00. The molecular formula is C21H18N2O2. The van der Waals surface area contributed by atoms with Crippen molar-refractivity contribution in [3.63, 3.8) is 0 Å². The van der Waals surface area contributed by atoms with Crippen LogP contribution in [0.2, 0.25) is 0 Å². The molecule has 0 aliphatic heterocycles. The summed E-state index contributed by atoms with van der Waals surface area (Å²) in [4.78, 5) is 16.7. The minimum Gasteiger partial charge on any atom is -0.505 e.